The Morgan fingerprint density at radius 3 is 2.60 bits per heavy atom. The first kappa shape index (κ1) is 20.1. The van der Waals surface area contributed by atoms with Crippen molar-refractivity contribution < 1.29 is 9.53 Å². The van der Waals surface area contributed by atoms with Crippen molar-refractivity contribution in [3.63, 3.8) is 0 Å². The van der Waals surface area contributed by atoms with Gasteiger partial charge in [-0.1, -0.05) is 29.9 Å². The smallest absolute Gasteiger partial charge is 0.275 e. The molecule has 0 fully saturated rings. The summed E-state index contributed by atoms with van der Waals surface area (Å²) in [5.74, 6) is 0.370. The van der Waals surface area contributed by atoms with Gasteiger partial charge in [-0.15, -0.1) is 0 Å². The number of carbonyl (C=O) groups is 1. The second-order valence-corrected chi connectivity index (χ2v) is 7.88. The highest BCUT2D eigenvalue weighted by Crippen LogP contribution is 2.19. The van der Waals surface area contributed by atoms with Gasteiger partial charge in [-0.05, 0) is 55.0 Å². The predicted molar refractivity (Wildman–Crippen MR) is 117 cm³/mol. The van der Waals surface area contributed by atoms with Gasteiger partial charge in [0.1, 0.15) is 17.4 Å². The number of anilines is 1. The van der Waals surface area contributed by atoms with E-state index in [1.165, 1.54) is 21.9 Å². The van der Waals surface area contributed by atoms with Gasteiger partial charge in [-0.25, -0.2) is 4.98 Å². The quantitative estimate of drug-likeness (QED) is 0.485. The summed E-state index contributed by atoms with van der Waals surface area (Å²) >= 11 is 7.23. The Morgan fingerprint density at radius 1 is 1.17 bits per heavy atom. The zero-order chi connectivity index (χ0) is 21.1. The monoisotopic (exact) mass is 440 g/mol. The summed E-state index contributed by atoms with van der Waals surface area (Å²) < 4.78 is 7.04. The Bertz CT molecular complexity index is 1250. The molecule has 4 aromatic rings. The van der Waals surface area contributed by atoms with E-state index in [4.69, 9.17) is 16.3 Å². The fraction of sp³-hybridized carbons (Fsp3) is 0.143. The second kappa shape index (κ2) is 8.64. The number of hydrogen-bond acceptors (Lipinski definition) is 6. The van der Waals surface area contributed by atoms with Crippen LogP contribution in [0.15, 0.2) is 59.4 Å². The van der Waals surface area contributed by atoms with Crippen LogP contribution in [0.1, 0.15) is 28.0 Å². The molecular weight excluding hydrogens is 424 g/mol. The summed E-state index contributed by atoms with van der Waals surface area (Å²) in [5.41, 5.74) is 1.46. The summed E-state index contributed by atoms with van der Waals surface area (Å²) in [6, 6.07) is 15.0. The van der Waals surface area contributed by atoms with Crippen LogP contribution in [-0.2, 0) is 13.0 Å². The van der Waals surface area contributed by atoms with Crippen molar-refractivity contribution in [3.8, 4) is 5.75 Å². The molecule has 0 saturated heterocycles. The van der Waals surface area contributed by atoms with Gasteiger partial charge in [0.15, 0.2) is 0 Å². The molecule has 2 aromatic heterocycles. The molecule has 0 unspecified atom stereocenters. The minimum Gasteiger partial charge on any atom is -0.487 e. The zero-order valence-electron chi connectivity index (χ0n) is 16.0. The summed E-state index contributed by atoms with van der Waals surface area (Å²) in [6.07, 6.45) is 0.750. The zero-order valence-corrected chi connectivity index (χ0v) is 17.5. The highest BCUT2D eigenvalue weighted by Gasteiger charge is 2.09. The van der Waals surface area contributed by atoms with Gasteiger partial charge in [0, 0.05) is 22.3 Å². The molecule has 0 aliphatic rings. The number of ether oxygens (including phenoxy) is 1. The van der Waals surface area contributed by atoms with Gasteiger partial charge >= 0.3 is 0 Å². The van der Waals surface area contributed by atoms with Crippen LogP contribution in [0.3, 0.4) is 0 Å². The molecule has 7 nitrogen and oxygen atoms in total. The molecule has 4 rings (SSSR count). The number of carbonyl (C=O) groups excluding carboxylic acids is 1. The van der Waals surface area contributed by atoms with E-state index in [9.17, 15) is 9.59 Å². The highest BCUT2D eigenvalue weighted by atomic mass is 35.5. The molecule has 0 bridgehead atoms. The molecule has 30 heavy (non-hydrogen) atoms. The van der Waals surface area contributed by atoms with Crippen LogP contribution in [0.4, 0.5) is 5.69 Å². The first-order chi connectivity index (χ1) is 14.5. The molecule has 2 aromatic carbocycles. The van der Waals surface area contributed by atoms with E-state index in [1.54, 1.807) is 48.5 Å². The number of amides is 1. The molecule has 0 atom stereocenters. The molecule has 9 heteroatoms. The molecule has 0 saturated carbocycles. The van der Waals surface area contributed by atoms with Crippen LogP contribution >= 0.6 is 22.9 Å². The largest absolute Gasteiger partial charge is 0.487 e. The van der Waals surface area contributed by atoms with Gasteiger partial charge < -0.3 is 10.1 Å². The SMILES string of the molecule is CCc1nn2c(=O)cc(COc3ccc(NC(=O)c4ccc(Cl)cc4)cc3)nc2s1. The summed E-state index contributed by atoms with van der Waals surface area (Å²) in [4.78, 5) is 29.4. The average molecular weight is 441 g/mol. The lowest BCUT2D eigenvalue weighted by molar-refractivity contribution is 0.102. The molecule has 2 heterocycles. The molecular formula is C21H17ClN4O3S. The minimum atomic E-state index is -0.227. The van der Waals surface area contributed by atoms with E-state index < -0.39 is 0 Å². The van der Waals surface area contributed by atoms with E-state index in [-0.39, 0.29) is 18.1 Å². The van der Waals surface area contributed by atoms with Crippen LogP contribution in [0.25, 0.3) is 4.96 Å². The topological polar surface area (TPSA) is 85.6 Å². The third kappa shape index (κ3) is 4.50. The Kier molecular flexibility index (Phi) is 5.78. The summed E-state index contributed by atoms with van der Waals surface area (Å²) in [5, 5.41) is 8.47. The van der Waals surface area contributed by atoms with Crippen molar-refractivity contribution in [1.82, 2.24) is 14.6 Å². The number of aryl methyl sites for hydroxylation is 1. The number of fused-ring (bicyclic) bond motifs is 1. The molecule has 152 valence electrons. The van der Waals surface area contributed by atoms with Crippen molar-refractivity contribution in [1.29, 1.82) is 0 Å². The lowest BCUT2D eigenvalue weighted by Gasteiger charge is -2.08. The van der Waals surface area contributed by atoms with Gasteiger partial charge in [-0.2, -0.15) is 9.61 Å². The van der Waals surface area contributed by atoms with Crippen LogP contribution in [-0.4, -0.2) is 20.5 Å². The lowest BCUT2D eigenvalue weighted by atomic mass is 10.2. The molecule has 1 amide bonds. The molecule has 0 spiro atoms. The molecule has 0 aliphatic carbocycles. The third-order valence-electron chi connectivity index (χ3n) is 4.25. The van der Waals surface area contributed by atoms with E-state index in [2.05, 4.69) is 15.4 Å². The van der Waals surface area contributed by atoms with Crippen LogP contribution in [0, 0.1) is 0 Å². The third-order valence-corrected chi connectivity index (χ3v) is 5.55. The lowest BCUT2D eigenvalue weighted by Crippen LogP contribution is -2.16. The van der Waals surface area contributed by atoms with Gasteiger partial charge in [0.05, 0.1) is 5.69 Å². The average Bonchev–Trinajstić information content (AvgIpc) is 3.18. The Hall–Kier alpha value is -3.23. The fourth-order valence-electron chi connectivity index (χ4n) is 2.71. The van der Waals surface area contributed by atoms with Crippen LogP contribution < -0.4 is 15.6 Å². The maximum Gasteiger partial charge on any atom is 0.275 e. The first-order valence-corrected chi connectivity index (χ1v) is 10.4. The standard InChI is InChI=1S/C21H17ClN4O3S/c1-2-18-25-26-19(27)11-16(24-21(26)30-18)12-29-17-9-7-15(8-10-17)23-20(28)13-3-5-14(22)6-4-13/h3-11H,2,12H2,1H3,(H,23,28). The van der Waals surface area contributed by atoms with E-state index >= 15 is 0 Å². The predicted octanol–water partition coefficient (Wildman–Crippen LogP) is 4.20. The van der Waals surface area contributed by atoms with Crippen molar-refractivity contribution in [2.75, 3.05) is 5.32 Å². The Morgan fingerprint density at radius 2 is 1.90 bits per heavy atom. The molecule has 1 N–H and O–H groups in total. The number of halogens is 1. The van der Waals surface area contributed by atoms with Gasteiger partial charge in [0.2, 0.25) is 4.96 Å². The number of benzene rings is 2. The Balaban J connectivity index is 1.40. The normalized spacial score (nSPS) is 10.9. The number of rotatable bonds is 6. The minimum absolute atomic E-state index is 0.154. The van der Waals surface area contributed by atoms with E-state index in [0.29, 0.717) is 32.7 Å². The van der Waals surface area contributed by atoms with Crippen LogP contribution in [0.5, 0.6) is 5.75 Å². The van der Waals surface area contributed by atoms with Gasteiger partial charge in [-0.3, -0.25) is 9.59 Å². The highest BCUT2D eigenvalue weighted by molar-refractivity contribution is 7.16. The second-order valence-electron chi connectivity index (χ2n) is 6.40. The van der Waals surface area contributed by atoms with Crippen molar-refractivity contribution >= 4 is 39.5 Å². The summed E-state index contributed by atoms with van der Waals surface area (Å²) in [6.45, 7) is 2.13. The maximum atomic E-state index is 12.3. The van der Waals surface area contributed by atoms with Crippen LogP contribution in [0.2, 0.25) is 5.02 Å². The number of nitrogens with one attached hydrogen (secondary N) is 1. The molecule has 0 radical (unpaired) electrons. The van der Waals surface area contributed by atoms with Gasteiger partial charge in [0.25, 0.3) is 11.5 Å². The van der Waals surface area contributed by atoms with E-state index in [1.807, 2.05) is 6.92 Å². The fourth-order valence-corrected chi connectivity index (χ4v) is 3.69. The number of hydrogen-bond donors (Lipinski definition) is 1. The Labute approximate surface area is 180 Å². The van der Waals surface area contributed by atoms with E-state index in [0.717, 1.165) is 11.4 Å². The number of nitrogens with zero attached hydrogens (tertiary/aromatic N) is 3. The van der Waals surface area contributed by atoms with Crippen molar-refractivity contribution in [3.05, 3.63) is 86.2 Å². The first-order valence-electron chi connectivity index (χ1n) is 9.20. The maximum absolute atomic E-state index is 12.3. The molecule has 0 aliphatic heterocycles. The van der Waals surface area contributed by atoms with Crippen molar-refractivity contribution in [2.45, 2.75) is 20.0 Å². The van der Waals surface area contributed by atoms with Crippen molar-refractivity contribution in [2.24, 2.45) is 0 Å². The number of aromatic nitrogens is 3. The summed E-state index contributed by atoms with van der Waals surface area (Å²) in [7, 11) is 0.